The standard InChI is InChI=1S/C15H21N3O2S/c1-3-8-17-14(19)6-9-18-15(20)13-10-11(2)12(21-13)5-4-7-16/h10H,3,6-9,16H2,1-2H3,(H,17,19)(H,18,20). The van der Waals surface area contributed by atoms with Crippen molar-refractivity contribution >= 4 is 23.2 Å². The van der Waals surface area contributed by atoms with E-state index < -0.39 is 0 Å². The van der Waals surface area contributed by atoms with Gasteiger partial charge in [-0.05, 0) is 25.0 Å². The number of nitrogens with two attached hydrogens (primary N) is 1. The first-order valence-electron chi connectivity index (χ1n) is 6.92. The minimum atomic E-state index is -0.174. The molecule has 0 fully saturated rings. The topological polar surface area (TPSA) is 84.2 Å². The number of carbonyl (C=O) groups is 2. The summed E-state index contributed by atoms with van der Waals surface area (Å²) in [5, 5.41) is 5.51. The number of amides is 2. The summed E-state index contributed by atoms with van der Waals surface area (Å²) < 4.78 is 0. The molecule has 0 aliphatic heterocycles. The lowest BCUT2D eigenvalue weighted by atomic mass is 10.2. The van der Waals surface area contributed by atoms with Crippen molar-refractivity contribution in [1.82, 2.24) is 10.6 Å². The summed E-state index contributed by atoms with van der Waals surface area (Å²) in [6, 6.07) is 1.80. The van der Waals surface area contributed by atoms with Gasteiger partial charge in [0.15, 0.2) is 0 Å². The fraction of sp³-hybridized carbons (Fsp3) is 0.467. The van der Waals surface area contributed by atoms with Gasteiger partial charge in [0.2, 0.25) is 5.91 Å². The van der Waals surface area contributed by atoms with Gasteiger partial charge < -0.3 is 16.4 Å². The van der Waals surface area contributed by atoms with E-state index in [1.807, 2.05) is 13.8 Å². The fourth-order valence-electron chi connectivity index (χ4n) is 1.58. The van der Waals surface area contributed by atoms with Crippen molar-refractivity contribution in [2.45, 2.75) is 26.7 Å². The van der Waals surface area contributed by atoms with Gasteiger partial charge in [0, 0.05) is 19.5 Å². The number of hydrogen-bond donors (Lipinski definition) is 3. The normalized spacial score (nSPS) is 9.67. The Morgan fingerprint density at radius 1 is 1.33 bits per heavy atom. The SMILES string of the molecule is CCCNC(=O)CCNC(=O)c1cc(C)c(C#CCN)s1. The Morgan fingerprint density at radius 3 is 2.76 bits per heavy atom. The summed E-state index contributed by atoms with van der Waals surface area (Å²) in [4.78, 5) is 24.8. The van der Waals surface area contributed by atoms with Crippen molar-refractivity contribution in [3.63, 3.8) is 0 Å². The number of aryl methyl sites for hydroxylation is 1. The quantitative estimate of drug-likeness (QED) is 0.686. The molecule has 0 aliphatic rings. The second kappa shape index (κ2) is 9.16. The Labute approximate surface area is 129 Å². The highest BCUT2D eigenvalue weighted by Crippen LogP contribution is 2.20. The van der Waals surface area contributed by atoms with Crippen molar-refractivity contribution in [1.29, 1.82) is 0 Å². The molecule has 0 spiro atoms. The fourth-order valence-corrected chi connectivity index (χ4v) is 2.54. The zero-order valence-electron chi connectivity index (χ0n) is 12.4. The van der Waals surface area contributed by atoms with E-state index in [4.69, 9.17) is 5.73 Å². The molecule has 0 unspecified atom stereocenters. The van der Waals surface area contributed by atoms with Crippen LogP contribution in [0.3, 0.4) is 0 Å². The maximum atomic E-state index is 12.0. The van der Waals surface area contributed by atoms with Crippen LogP contribution in [0.2, 0.25) is 0 Å². The summed E-state index contributed by atoms with van der Waals surface area (Å²) in [5.74, 6) is 5.50. The van der Waals surface area contributed by atoms with Crippen LogP contribution in [0.5, 0.6) is 0 Å². The van der Waals surface area contributed by atoms with Crippen molar-refractivity contribution in [3.05, 3.63) is 21.4 Å². The molecule has 0 radical (unpaired) electrons. The van der Waals surface area contributed by atoms with Gasteiger partial charge in [-0.25, -0.2) is 0 Å². The van der Waals surface area contributed by atoms with Crippen LogP contribution >= 0.6 is 11.3 Å². The van der Waals surface area contributed by atoms with E-state index in [1.54, 1.807) is 6.07 Å². The number of thiophene rings is 1. The molecule has 1 heterocycles. The second-order valence-corrected chi connectivity index (χ2v) is 5.54. The van der Waals surface area contributed by atoms with Crippen LogP contribution in [-0.2, 0) is 4.79 Å². The first-order valence-corrected chi connectivity index (χ1v) is 7.74. The molecule has 0 saturated carbocycles. The number of rotatable bonds is 6. The zero-order chi connectivity index (χ0) is 15.7. The minimum absolute atomic E-state index is 0.0472. The molecule has 4 N–H and O–H groups in total. The van der Waals surface area contributed by atoms with E-state index in [1.165, 1.54) is 11.3 Å². The Hall–Kier alpha value is -1.84. The van der Waals surface area contributed by atoms with Crippen LogP contribution in [0.1, 0.15) is 39.9 Å². The largest absolute Gasteiger partial charge is 0.356 e. The predicted octanol–water partition coefficient (Wildman–Crippen LogP) is 1.01. The van der Waals surface area contributed by atoms with Crippen molar-refractivity contribution < 1.29 is 9.59 Å². The number of carbonyl (C=O) groups excluding carboxylic acids is 2. The Kier molecular flexibility index (Phi) is 7.51. The lowest BCUT2D eigenvalue weighted by Crippen LogP contribution is -2.30. The lowest BCUT2D eigenvalue weighted by Gasteiger charge is -2.04. The third-order valence-electron chi connectivity index (χ3n) is 2.66. The molecular weight excluding hydrogens is 286 g/mol. The Balaban J connectivity index is 2.47. The predicted molar refractivity (Wildman–Crippen MR) is 85.2 cm³/mol. The molecule has 114 valence electrons. The Bertz CT molecular complexity index is 555. The minimum Gasteiger partial charge on any atom is -0.356 e. The first kappa shape index (κ1) is 17.2. The third-order valence-corrected chi connectivity index (χ3v) is 3.81. The van der Waals surface area contributed by atoms with Crippen LogP contribution in [0.25, 0.3) is 0 Å². The highest BCUT2D eigenvalue weighted by atomic mass is 32.1. The van der Waals surface area contributed by atoms with Crippen LogP contribution in [0, 0.1) is 18.8 Å². The third kappa shape index (κ3) is 5.98. The van der Waals surface area contributed by atoms with Gasteiger partial charge >= 0.3 is 0 Å². The smallest absolute Gasteiger partial charge is 0.261 e. The summed E-state index contributed by atoms with van der Waals surface area (Å²) >= 11 is 1.34. The molecule has 5 nitrogen and oxygen atoms in total. The molecule has 1 rings (SSSR count). The van der Waals surface area contributed by atoms with Crippen molar-refractivity contribution in [2.75, 3.05) is 19.6 Å². The average molecular weight is 307 g/mol. The molecule has 6 heteroatoms. The van der Waals surface area contributed by atoms with Crippen LogP contribution in [-0.4, -0.2) is 31.4 Å². The van der Waals surface area contributed by atoms with E-state index in [-0.39, 0.29) is 18.2 Å². The summed E-state index contributed by atoms with van der Waals surface area (Å²) in [5.41, 5.74) is 6.30. The van der Waals surface area contributed by atoms with E-state index in [0.717, 1.165) is 16.9 Å². The van der Waals surface area contributed by atoms with Crippen LogP contribution in [0.15, 0.2) is 6.07 Å². The van der Waals surface area contributed by atoms with Gasteiger partial charge in [0.1, 0.15) is 0 Å². The van der Waals surface area contributed by atoms with Gasteiger partial charge in [-0.3, -0.25) is 9.59 Å². The van der Waals surface area contributed by atoms with Crippen LogP contribution in [0.4, 0.5) is 0 Å². The molecule has 2 amide bonds. The van der Waals surface area contributed by atoms with Gasteiger partial charge in [0.05, 0.1) is 16.3 Å². The highest BCUT2D eigenvalue weighted by Gasteiger charge is 2.11. The van der Waals surface area contributed by atoms with E-state index in [9.17, 15) is 9.59 Å². The van der Waals surface area contributed by atoms with Crippen molar-refractivity contribution in [3.8, 4) is 11.8 Å². The van der Waals surface area contributed by atoms with Gasteiger partial charge in [-0.15, -0.1) is 11.3 Å². The summed E-state index contributed by atoms with van der Waals surface area (Å²) in [7, 11) is 0. The molecule has 1 aromatic heterocycles. The highest BCUT2D eigenvalue weighted by molar-refractivity contribution is 7.14. The van der Waals surface area contributed by atoms with Crippen molar-refractivity contribution in [2.24, 2.45) is 5.73 Å². The van der Waals surface area contributed by atoms with Gasteiger partial charge in [-0.2, -0.15) is 0 Å². The maximum absolute atomic E-state index is 12.0. The van der Waals surface area contributed by atoms with E-state index in [2.05, 4.69) is 22.5 Å². The van der Waals surface area contributed by atoms with E-state index in [0.29, 0.717) is 24.5 Å². The molecule has 0 bridgehead atoms. The summed E-state index contributed by atoms with van der Waals surface area (Å²) in [6.45, 7) is 5.19. The number of nitrogens with one attached hydrogen (secondary N) is 2. The Morgan fingerprint density at radius 2 is 2.10 bits per heavy atom. The molecule has 0 atom stereocenters. The first-order chi connectivity index (χ1) is 10.1. The van der Waals surface area contributed by atoms with Crippen LogP contribution < -0.4 is 16.4 Å². The average Bonchev–Trinajstić information content (AvgIpc) is 2.84. The summed E-state index contributed by atoms with van der Waals surface area (Å²) in [6.07, 6.45) is 1.19. The zero-order valence-corrected chi connectivity index (χ0v) is 13.2. The molecule has 0 aliphatic carbocycles. The monoisotopic (exact) mass is 307 g/mol. The van der Waals surface area contributed by atoms with Gasteiger partial charge in [-0.1, -0.05) is 18.8 Å². The molecular formula is C15H21N3O2S. The molecule has 21 heavy (non-hydrogen) atoms. The lowest BCUT2D eigenvalue weighted by molar-refractivity contribution is -0.120. The maximum Gasteiger partial charge on any atom is 0.261 e. The molecule has 0 saturated heterocycles. The molecule has 0 aromatic carbocycles. The van der Waals surface area contributed by atoms with Gasteiger partial charge in [0.25, 0.3) is 5.91 Å². The second-order valence-electron chi connectivity index (χ2n) is 4.48. The number of hydrogen-bond acceptors (Lipinski definition) is 4. The van der Waals surface area contributed by atoms with E-state index >= 15 is 0 Å². The molecule has 1 aromatic rings.